The van der Waals surface area contributed by atoms with E-state index in [1.807, 2.05) is 6.07 Å². The van der Waals surface area contributed by atoms with E-state index in [1.165, 1.54) is 18.2 Å². The first-order valence-corrected chi connectivity index (χ1v) is 6.56. The van der Waals surface area contributed by atoms with Crippen LogP contribution in [-0.2, 0) is 11.3 Å². The highest BCUT2D eigenvalue weighted by Crippen LogP contribution is 2.20. The van der Waals surface area contributed by atoms with Gasteiger partial charge in [-0.2, -0.15) is 5.26 Å². The molecule has 1 atom stereocenters. The predicted molar refractivity (Wildman–Crippen MR) is 69.5 cm³/mol. The van der Waals surface area contributed by atoms with Gasteiger partial charge in [-0.3, -0.25) is 4.79 Å². The third kappa shape index (κ3) is 3.31. The summed E-state index contributed by atoms with van der Waals surface area (Å²) < 4.78 is 13.7. The molecule has 1 fully saturated rings. The molecule has 0 N–H and O–H groups in total. The van der Waals surface area contributed by atoms with Crippen molar-refractivity contribution in [3.63, 3.8) is 0 Å². The van der Waals surface area contributed by atoms with Gasteiger partial charge in [-0.1, -0.05) is 6.92 Å². The summed E-state index contributed by atoms with van der Waals surface area (Å²) in [6.45, 7) is 3.05. The van der Waals surface area contributed by atoms with Crippen molar-refractivity contribution in [2.75, 3.05) is 6.54 Å². The van der Waals surface area contributed by atoms with E-state index in [9.17, 15) is 9.18 Å². The number of halogens is 1. The molecule has 1 heterocycles. The number of nitrogens with zero attached hydrogens (tertiary/aromatic N) is 2. The molecule has 2 rings (SSSR count). The third-order valence-corrected chi connectivity index (χ3v) is 3.63. The van der Waals surface area contributed by atoms with Crippen LogP contribution in [0.5, 0.6) is 0 Å². The molecule has 0 spiro atoms. The molecule has 0 aliphatic carbocycles. The number of rotatable bonds is 2. The van der Waals surface area contributed by atoms with E-state index < -0.39 is 0 Å². The maximum absolute atomic E-state index is 13.7. The van der Waals surface area contributed by atoms with E-state index in [4.69, 9.17) is 5.26 Å². The van der Waals surface area contributed by atoms with Gasteiger partial charge < -0.3 is 4.90 Å². The fraction of sp³-hybridized carbons (Fsp3) is 0.467. The number of likely N-dealkylation sites (tertiary alicyclic amines) is 1. The van der Waals surface area contributed by atoms with Gasteiger partial charge in [0.15, 0.2) is 0 Å². The molecule has 0 aromatic heterocycles. The van der Waals surface area contributed by atoms with Gasteiger partial charge in [-0.05, 0) is 37.0 Å². The minimum Gasteiger partial charge on any atom is -0.338 e. The van der Waals surface area contributed by atoms with Crippen LogP contribution in [0.4, 0.5) is 4.39 Å². The molecule has 4 heteroatoms. The van der Waals surface area contributed by atoms with E-state index in [2.05, 4.69) is 6.92 Å². The fourth-order valence-electron chi connectivity index (χ4n) is 2.31. The van der Waals surface area contributed by atoms with E-state index >= 15 is 0 Å². The first kappa shape index (κ1) is 13.5. The van der Waals surface area contributed by atoms with Crippen LogP contribution in [0.1, 0.15) is 37.3 Å². The summed E-state index contributed by atoms with van der Waals surface area (Å²) in [5.74, 6) is 0.249. The lowest BCUT2D eigenvalue weighted by Crippen LogP contribution is -2.30. The number of carbonyl (C=O) groups excluding carboxylic acids is 1. The molecule has 1 unspecified atom stereocenters. The Morgan fingerprint density at radius 2 is 2.26 bits per heavy atom. The summed E-state index contributed by atoms with van der Waals surface area (Å²) in [6.07, 6.45) is 2.38. The second-order valence-corrected chi connectivity index (χ2v) is 5.17. The Kier molecular flexibility index (Phi) is 4.16. The van der Waals surface area contributed by atoms with Crippen LogP contribution in [0.15, 0.2) is 18.2 Å². The van der Waals surface area contributed by atoms with Crippen molar-refractivity contribution >= 4 is 5.91 Å². The average molecular weight is 260 g/mol. The van der Waals surface area contributed by atoms with Crippen molar-refractivity contribution in [2.24, 2.45) is 5.92 Å². The quantitative estimate of drug-likeness (QED) is 0.820. The van der Waals surface area contributed by atoms with Crippen LogP contribution < -0.4 is 0 Å². The number of benzene rings is 1. The van der Waals surface area contributed by atoms with Crippen LogP contribution in [-0.4, -0.2) is 17.4 Å². The Morgan fingerprint density at radius 1 is 1.47 bits per heavy atom. The van der Waals surface area contributed by atoms with Crippen LogP contribution in [0.3, 0.4) is 0 Å². The highest BCUT2D eigenvalue weighted by Gasteiger charge is 2.21. The maximum atomic E-state index is 13.7. The van der Waals surface area contributed by atoms with Gasteiger partial charge in [0.25, 0.3) is 0 Å². The molecular formula is C15H17FN2O. The van der Waals surface area contributed by atoms with Crippen molar-refractivity contribution in [3.8, 4) is 6.07 Å². The number of hydrogen-bond acceptors (Lipinski definition) is 2. The van der Waals surface area contributed by atoms with Crippen molar-refractivity contribution in [1.29, 1.82) is 5.26 Å². The molecule has 100 valence electrons. The Labute approximate surface area is 112 Å². The Bertz CT molecular complexity index is 521. The normalized spacial score (nSPS) is 19.9. The molecule has 0 saturated carbocycles. The smallest absolute Gasteiger partial charge is 0.222 e. The fourth-order valence-corrected chi connectivity index (χ4v) is 2.31. The lowest BCUT2D eigenvalue weighted by atomic mass is 10.0. The van der Waals surface area contributed by atoms with Crippen LogP contribution in [0, 0.1) is 23.1 Å². The number of hydrogen-bond donors (Lipinski definition) is 0. The van der Waals surface area contributed by atoms with Gasteiger partial charge >= 0.3 is 0 Å². The van der Waals surface area contributed by atoms with Crippen LogP contribution in [0.2, 0.25) is 0 Å². The SMILES string of the molecule is CC1CCC(=O)N(Cc2cc(C#N)ccc2F)CC1. The molecule has 3 nitrogen and oxygen atoms in total. The zero-order chi connectivity index (χ0) is 13.8. The van der Waals surface area contributed by atoms with Gasteiger partial charge in [0.1, 0.15) is 5.82 Å². The molecular weight excluding hydrogens is 243 g/mol. The third-order valence-electron chi connectivity index (χ3n) is 3.63. The van der Waals surface area contributed by atoms with Crippen LogP contribution >= 0.6 is 0 Å². The molecule has 1 aliphatic heterocycles. The average Bonchev–Trinajstić information content (AvgIpc) is 2.56. The first-order chi connectivity index (χ1) is 9.10. The minimum atomic E-state index is -0.357. The summed E-state index contributed by atoms with van der Waals surface area (Å²) in [5, 5.41) is 8.84. The maximum Gasteiger partial charge on any atom is 0.222 e. The van der Waals surface area contributed by atoms with Gasteiger partial charge in [0, 0.05) is 25.1 Å². The monoisotopic (exact) mass is 260 g/mol. The van der Waals surface area contributed by atoms with Gasteiger partial charge in [-0.15, -0.1) is 0 Å². The molecule has 0 bridgehead atoms. The zero-order valence-electron chi connectivity index (χ0n) is 11.0. The molecule has 0 radical (unpaired) electrons. The predicted octanol–water partition coefficient (Wildman–Crippen LogP) is 2.85. The van der Waals surface area contributed by atoms with Crippen molar-refractivity contribution in [3.05, 3.63) is 35.1 Å². The van der Waals surface area contributed by atoms with Crippen molar-refractivity contribution in [1.82, 2.24) is 4.90 Å². The summed E-state index contributed by atoms with van der Waals surface area (Å²) in [7, 11) is 0. The molecule has 1 amide bonds. The van der Waals surface area contributed by atoms with Crippen molar-refractivity contribution < 1.29 is 9.18 Å². The standard InChI is InChI=1S/C15H17FN2O/c1-11-2-5-15(19)18(7-6-11)10-13-8-12(9-17)3-4-14(13)16/h3-4,8,11H,2,5-7,10H2,1H3. The second kappa shape index (κ2) is 5.83. The lowest BCUT2D eigenvalue weighted by Gasteiger charge is -2.21. The largest absolute Gasteiger partial charge is 0.338 e. The van der Waals surface area contributed by atoms with E-state index in [0.717, 1.165) is 12.8 Å². The van der Waals surface area contributed by atoms with Crippen molar-refractivity contribution in [2.45, 2.75) is 32.7 Å². The molecule has 1 saturated heterocycles. The highest BCUT2D eigenvalue weighted by atomic mass is 19.1. The zero-order valence-corrected chi connectivity index (χ0v) is 11.0. The van der Waals surface area contributed by atoms with Gasteiger partial charge in [-0.25, -0.2) is 4.39 Å². The number of amides is 1. The summed E-state index contributed by atoms with van der Waals surface area (Å²) >= 11 is 0. The second-order valence-electron chi connectivity index (χ2n) is 5.17. The number of carbonyl (C=O) groups is 1. The highest BCUT2D eigenvalue weighted by molar-refractivity contribution is 5.76. The first-order valence-electron chi connectivity index (χ1n) is 6.56. The minimum absolute atomic E-state index is 0.0751. The summed E-state index contributed by atoms with van der Waals surface area (Å²) in [6, 6.07) is 6.26. The van der Waals surface area contributed by atoms with E-state index in [0.29, 0.717) is 30.0 Å². The Balaban J connectivity index is 2.16. The summed E-state index contributed by atoms with van der Waals surface area (Å²) in [4.78, 5) is 13.7. The lowest BCUT2D eigenvalue weighted by molar-refractivity contribution is -0.131. The Morgan fingerprint density at radius 3 is 3.00 bits per heavy atom. The topological polar surface area (TPSA) is 44.1 Å². The number of nitriles is 1. The summed E-state index contributed by atoms with van der Waals surface area (Å²) in [5.41, 5.74) is 0.842. The Hall–Kier alpha value is -1.89. The van der Waals surface area contributed by atoms with Crippen LogP contribution in [0.25, 0.3) is 0 Å². The van der Waals surface area contributed by atoms with Gasteiger partial charge in [0.2, 0.25) is 5.91 Å². The van der Waals surface area contributed by atoms with Gasteiger partial charge in [0.05, 0.1) is 11.6 Å². The molecule has 19 heavy (non-hydrogen) atoms. The van der Waals surface area contributed by atoms with E-state index in [-0.39, 0.29) is 18.3 Å². The molecule has 1 aromatic carbocycles. The van der Waals surface area contributed by atoms with E-state index in [1.54, 1.807) is 4.90 Å². The molecule has 1 aliphatic rings. The molecule has 1 aromatic rings.